The third kappa shape index (κ3) is 6.33. The Labute approximate surface area is 210 Å². The van der Waals surface area contributed by atoms with Gasteiger partial charge in [-0.15, -0.1) is 0 Å². The smallest absolute Gasteiger partial charge is 0.416 e. The molecule has 0 saturated carbocycles. The number of nitrogens with one attached hydrogen (secondary N) is 4. The van der Waals surface area contributed by atoms with Crippen molar-refractivity contribution in [3.63, 3.8) is 0 Å². The van der Waals surface area contributed by atoms with E-state index in [9.17, 15) is 22.8 Å². The molecule has 0 unspecified atom stereocenters. The summed E-state index contributed by atoms with van der Waals surface area (Å²) in [5.41, 5.74) is 0.500. The van der Waals surface area contributed by atoms with Gasteiger partial charge in [-0.1, -0.05) is 12.1 Å². The Morgan fingerprint density at radius 2 is 1.92 bits per heavy atom. The molecule has 2 aromatic carbocycles. The van der Waals surface area contributed by atoms with Crippen LogP contribution in [0.5, 0.6) is 6.01 Å². The number of aromatic nitrogens is 2. The van der Waals surface area contributed by atoms with Crippen LogP contribution in [-0.2, 0) is 6.18 Å². The van der Waals surface area contributed by atoms with Gasteiger partial charge in [0.05, 0.1) is 5.56 Å². The van der Waals surface area contributed by atoms with Crippen LogP contribution < -0.4 is 26.0 Å². The zero-order valence-corrected chi connectivity index (χ0v) is 20.1. The number of carbonyl (C=O) groups is 2. The summed E-state index contributed by atoms with van der Waals surface area (Å²) in [6.45, 7) is 3.30. The third-order valence-electron chi connectivity index (χ3n) is 5.73. The third-order valence-corrected chi connectivity index (χ3v) is 5.73. The number of hydrogen-bond donors (Lipinski definition) is 4. The van der Waals surface area contributed by atoms with Crippen molar-refractivity contribution in [1.82, 2.24) is 15.3 Å². The van der Waals surface area contributed by atoms with Crippen LogP contribution in [-0.4, -0.2) is 48.0 Å². The highest BCUT2D eigenvalue weighted by Gasteiger charge is 2.31. The molecule has 2 heterocycles. The fourth-order valence-electron chi connectivity index (χ4n) is 3.72. The number of nitrogens with zero attached hydrogens (tertiary/aromatic N) is 2. The van der Waals surface area contributed by atoms with Crippen LogP contribution in [0.2, 0.25) is 0 Å². The topological polar surface area (TPSA) is 117 Å². The second-order valence-electron chi connectivity index (χ2n) is 8.41. The summed E-state index contributed by atoms with van der Waals surface area (Å²) >= 11 is 0. The van der Waals surface area contributed by atoms with Crippen LogP contribution in [0.3, 0.4) is 0 Å². The summed E-state index contributed by atoms with van der Waals surface area (Å²) < 4.78 is 44.7. The first kappa shape index (κ1) is 25.9. The van der Waals surface area contributed by atoms with Gasteiger partial charge in [-0.05, 0) is 55.8 Å². The van der Waals surface area contributed by atoms with E-state index >= 15 is 0 Å². The number of hydrogen-bond acceptors (Lipinski definition) is 7. The predicted octanol–water partition coefficient (Wildman–Crippen LogP) is 4.09. The molecule has 1 saturated heterocycles. The van der Waals surface area contributed by atoms with E-state index in [1.807, 2.05) is 0 Å². The first-order valence-electron chi connectivity index (χ1n) is 11.5. The average molecular weight is 515 g/mol. The lowest BCUT2D eigenvalue weighted by Gasteiger charge is -2.15. The molecule has 0 aliphatic carbocycles. The zero-order chi connectivity index (χ0) is 26.6. The van der Waals surface area contributed by atoms with Crippen molar-refractivity contribution in [2.75, 3.05) is 36.1 Å². The average Bonchev–Trinajstić information content (AvgIpc) is 3.38. The van der Waals surface area contributed by atoms with E-state index in [-0.39, 0.29) is 29.1 Å². The summed E-state index contributed by atoms with van der Waals surface area (Å²) in [5, 5.41) is 11.4. The van der Waals surface area contributed by atoms with Gasteiger partial charge in [-0.3, -0.25) is 9.59 Å². The number of ether oxygens (including phenoxy) is 1. The van der Waals surface area contributed by atoms with Gasteiger partial charge in [0.25, 0.3) is 11.8 Å². The maximum Gasteiger partial charge on any atom is 0.416 e. The van der Waals surface area contributed by atoms with E-state index in [2.05, 4.69) is 31.2 Å². The van der Waals surface area contributed by atoms with E-state index < -0.39 is 23.6 Å². The minimum atomic E-state index is -4.56. The molecule has 1 aliphatic heterocycles. The number of rotatable bonds is 7. The van der Waals surface area contributed by atoms with Crippen LogP contribution in [0.4, 0.5) is 30.4 Å². The molecule has 1 fully saturated rings. The highest BCUT2D eigenvalue weighted by Crippen LogP contribution is 2.30. The summed E-state index contributed by atoms with van der Waals surface area (Å²) in [4.78, 5) is 34.0. The van der Waals surface area contributed by atoms with Crippen molar-refractivity contribution < 1.29 is 27.5 Å². The second kappa shape index (κ2) is 10.8. The number of alkyl halides is 3. The van der Waals surface area contributed by atoms with E-state index in [1.165, 1.54) is 24.4 Å². The van der Waals surface area contributed by atoms with Gasteiger partial charge in [0.1, 0.15) is 17.5 Å². The number of amides is 2. The number of benzene rings is 2. The lowest BCUT2D eigenvalue weighted by atomic mass is 10.1. The number of anilines is 3. The molecule has 0 spiro atoms. The summed E-state index contributed by atoms with van der Waals surface area (Å²) in [6, 6.07) is 9.06. The molecule has 12 heteroatoms. The van der Waals surface area contributed by atoms with Gasteiger partial charge in [0, 0.05) is 36.7 Å². The maximum absolute atomic E-state index is 13.0. The molecule has 0 radical (unpaired) electrons. The first-order valence-corrected chi connectivity index (χ1v) is 11.5. The fourth-order valence-corrected chi connectivity index (χ4v) is 3.72. The lowest BCUT2D eigenvalue weighted by molar-refractivity contribution is -0.137. The van der Waals surface area contributed by atoms with Crippen molar-refractivity contribution in [3.8, 4) is 6.01 Å². The van der Waals surface area contributed by atoms with Crippen LogP contribution in [0, 0.1) is 6.92 Å². The van der Waals surface area contributed by atoms with E-state index in [0.29, 0.717) is 23.5 Å². The Morgan fingerprint density at radius 1 is 1.11 bits per heavy atom. The Bertz CT molecular complexity index is 1310. The predicted molar refractivity (Wildman–Crippen MR) is 132 cm³/mol. The lowest BCUT2D eigenvalue weighted by Crippen LogP contribution is -2.22. The second-order valence-corrected chi connectivity index (χ2v) is 8.41. The highest BCUT2D eigenvalue weighted by molar-refractivity contribution is 6.08. The molecule has 1 aliphatic rings. The Kier molecular flexibility index (Phi) is 7.58. The SMILES string of the molecule is CNc1nc(O[C@H]2CCNC2)ncc1C(=O)Nc1cc(NC(=O)c2cccc(C(F)(F)F)c2)ccc1C. The van der Waals surface area contributed by atoms with Crippen molar-refractivity contribution in [3.05, 3.63) is 70.9 Å². The Hall–Kier alpha value is -4.19. The molecule has 194 valence electrons. The highest BCUT2D eigenvalue weighted by atomic mass is 19.4. The monoisotopic (exact) mass is 514 g/mol. The van der Waals surface area contributed by atoms with Crippen LogP contribution >= 0.6 is 0 Å². The molecular formula is C25H25F3N6O3. The fraction of sp³-hybridized carbons (Fsp3) is 0.280. The van der Waals surface area contributed by atoms with Crippen molar-refractivity contribution in [2.45, 2.75) is 25.6 Å². The molecular weight excluding hydrogens is 489 g/mol. The van der Waals surface area contributed by atoms with Gasteiger partial charge in [-0.2, -0.15) is 18.2 Å². The summed E-state index contributed by atoms with van der Waals surface area (Å²) in [5.74, 6) is -0.936. The number of carbonyl (C=O) groups excluding carboxylic acids is 2. The van der Waals surface area contributed by atoms with Crippen LogP contribution in [0.25, 0.3) is 0 Å². The largest absolute Gasteiger partial charge is 0.459 e. The van der Waals surface area contributed by atoms with Crippen molar-refractivity contribution in [1.29, 1.82) is 0 Å². The van der Waals surface area contributed by atoms with E-state index in [1.54, 1.807) is 26.1 Å². The van der Waals surface area contributed by atoms with Crippen LogP contribution in [0.1, 0.15) is 38.3 Å². The standard InChI is InChI=1S/C25H25F3N6O3/c1-14-6-7-17(32-22(35)15-4-3-5-16(10-15)25(26,27)28)11-20(14)33-23(36)19-13-31-24(34-21(19)29-2)37-18-8-9-30-12-18/h3-7,10-11,13,18,30H,8-9,12H2,1-2H3,(H,32,35)(H,33,36)(H,29,31,34)/t18-/m0/s1. The Balaban J connectivity index is 1.48. The minimum Gasteiger partial charge on any atom is -0.459 e. The molecule has 1 aromatic heterocycles. The molecule has 37 heavy (non-hydrogen) atoms. The molecule has 3 aromatic rings. The molecule has 4 N–H and O–H groups in total. The van der Waals surface area contributed by atoms with Crippen LogP contribution in [0.15, 0.2) is 48.7 Å². The van der Waals surface area contributed by atoms with Gasteiger partial charge >= 0.3 is 12.2 Å². The molecule has 0 bridgehead atoms. The molecule has 9 nitrogen and oxygen atoms in total. The Morgan fingerprint density at radius 3 is 2.62 bits per heavy atom. The number of halogens is 3. The van der Waals surface area contributed by atoms with E-state index in [4.69, 9.17) is 4.74 Å². The van der Waals surface area contributed by atoms with Crippen molar-refractivity contribution >= 4 is 29.0 Å². The van der Waals surface area contributed by atoms with Gasteiger partial charge in [0.2, 0.25) is 0 Å². The number of aryl methyl sites for hydroxylation is 1. The molecule has 1 atom stereocenters. The summed E-state index contributed by atoms with van der Waals surface area (Å²) in [6.07, 6.45) is -2.41. The first-order chi connectivity index (χ1) is 17.6. The van der Waals surface area contributed by atoms with Gasteiger partial charge in [-0.25, -0.2) is 4.98 Å². The van der Waals surface area contributed by atoms with Crippen molar-refractivity contribution in [2.24, 2.45) is 0 Å². The zero-order valence-electron chi connectivity index (χ0n) is 20.1. The van der Waals surface area contributed by atoms with Gasteiger partial charge in [0.15, 0.2) is 0 Å². The molecule has 2 amide bonds. The van der Waals surface area contributed by atoms with E-state index in [0.717, 1.165) is 25.1 Å². The minimum absolute atomic E-state index is 0.0408. The molecule has 4 rings (SSSR count). The quantitative estimate of drug-likeness (QED) is 0.375. The van der Waals surface area contributed by atoms with Gasteiger partial charge < -0.3 is 26.0 Å². The summed E-state index contributed by atoms with van der Waals surface area (Å²) in [7, 11) is 1.62. The normalized spacial score (nSPS) is 15.2. The maximum atomic E-state index is 13.0.